The van der Waals surface area contributed by atoms with E-state index in [4.69, 9.17) is 19.7 Å². The molecular weight excluding hydrogens is 258 g/mol. The van der Waals surface area contributed by atoms with E-state index in [1.165, 1.54) is 6.42 Å². The molecule has 1 aromatic rings. The summed E-state index contributed by atoms with van der Waals surface area (Å²) in [4.78, 5) is 4.47. The monoisotopic (exact) mass is 283 g/mol. The third-order valence-electron chi connectivity index (χ3n) is 3.89. The first-order valence-electron chi connectivity index (χ1n) is 7.34. The third kappa shape index (κ3) is 3.19. The first-order valence-corrected chi connectivity index (χ1v) is 7.34. The van der Waals surface area contributed by atoms with Gasteiger partial charge in [0.05, 0.1) is 6.61 Å². The Morgan fingerprint density at radius 1 is 1.55 bits per heavy atom. The van der Waals surface area contributed by atoms with E-state index < -0.39 is 5.60 Å². The molecule has 0 aromatic carbocycles. The molecule has 3 atom stereocenters. The number of methoxy groups -OCH3 is 1. The predicted octanol–water partition coefficient (Wildman–Crippen LogP) is 2.16. The number of nitrogens with zero attached hydrogens (tertiary/aromatic N) is 2. The molecule has 0 amide bonds. The predicted molar refractivity (Wildman–Crippen MR) is 74.0 cm³/mol. The van der Waals surface area contributed by atoms with Crippen molar-refractivity contribution in [3.8, 4) is 0 Å². The molecule has 1 heterocycles. The molecule has 0 bridgehead atoms. The van der Waals surface area contributed by atoms with Gasteiger partial charge in [0, 0.05) is 13.7 Å². The van der Waals surface area contributed by atoms with Crippen LogP contribution in [-0.2, 0) is 15.1 Å². The first kappa shape index (κ1) is 15.4. The molecule has 6 heteroatoms. The molecule has 0 saturated heterocycles. The number of hydrogen-bond acceptors (Lipinski definition) is 6. The zero-order chi connectivity index (χ0) is 14.6. The van der Waals surface area contributed by atoms with Crippen LogP contribution in [0.4, 0.5) is 0 Å². The standard InChI is InChI=1S/C14H25N3O3/c1-4-19-14(7-5-6-10(2)8-14)13-16-12(20-17-13)11(15)9-18-3/h10-11H,4-9,15H2,1-3H3. The zero-order valence-electron chi connectivity index (χ0n) is 12.6. The van der Waals surface area contributed by atoms with Crippen molar-refractivity contribution in [2.24, 2.45) is 11.7 Å². The summed E-state index contributed by atoms with van der Waals surface area (Å²) in [5.41, 5.74) is 5.51. The quantitative estimate of drug-likeness (QED) is 0.861. The lowest BCUT2D eigenvalue weighted by molar-refractivity contribution is -0.0891. The van der Waals surface area contributed by atoms with Gasteiger partial charge in [0.15, 0.2) is 0 Å². The van der Waals surface area contributed by atoms with Crippen LogP contribution < -0.4 is 5.73 Å². The number of aromatic nitrogens is 2. The maximum absolute atomic E-state index is 6.02. The van der Waals surface area contributed by atoms with Crippen LogP contribution in [0, 0.1) is 5.92 Å². The summed E-state index contributed by atoms with van der Waals surface area (Å²) < 4.78 is 16.3. The van der Waals surface area contributed by atoms with Crippen LogP contribution in [0.2, 0.25) is 0 Å². The highest BCUT2D eigenvalue weighted by atomic mass is 16.5. The minimum absolute atomic E-state index is 0.361. The average Bonchev–Trinajstić information content (AvgIpc) is 2.89. The van der Waals surface area contributed by atoms with Crippen molar-refractivity contribution in [2.75, 3.05) is 20.3 Å². The van der Waals surface area contributed by atoms with Gasteiger partial charge in [-0.1, -0.05) is 18.5 Å². The van der Waals surface area contributed by atoms with Crippen molar-refractivity contribution in [1.29, 1.82) is 0 Å². The number of ether oxygens (including phenoxy) is 2. The lowest BCUT2D eigenvalue weighted by Crippen LogP contribution is -2.36. The molecule has 0 radical (unpaired) electrons. The molecule has 3 unspecified atom stereocenters. The Morgan fingerprint density at radius 3 is 3.00 bits per heavy atom. The summed E-state index contributed by atoms with van der Waals surface area (Å²) in [5.74, 6) is 1.65. The Hall–Kier alpha value is -0.980. The molecule has 20 heavy (non-hydrogen) atoms. The summed E-state index contributed by atoms with van der Waals surface area (Å²) in [6, 6.07) is -0.388. The fraction of sp³-hybridized carbons (Fsp3) is 0.857. The molecule has 0 aliphatic heterocycles. The van der Waals surface area contributed by atoms with Crippen molar-refractivity contribution in [1.82, 2.24) is 10.1 Å². The third-order valence-corrected chi connectivity index (χ3v) is 3.89. The van der Waals surface area contributed by atoms with Gasteiger partial charge >= 0.3 is 0 Å². The fourth-order valence-electron chi connectivity index (χ4n) is 3.00. The number of nitrogens with two attached hydrogens (primary N) is 1. The Bertz CT molecular complexity index is 420. The van der Waals surface area contributed by atoms with E-state index in [0.717, 1.165) is 19.3 Å². The van der Waals surface area contributed by atoms with E-state index in [2.05, 4.69) is 17.1 Å². The van der Waals surface area contributed by atoms with Gasteiger partial charge in [-0.25, -0.2) is 0 Å². The molecule has 1 fully saturated rings. The molecule has 114 valence electrons. The van der Waals surface area contributed by atoms with Crippen LogP contribution in [0.1, 0.15) is 57.3 Å². The van der Waals surface area contributed by atoms with E-state index in [1.54, 1.807) is 7.11 Å². The summed E-state index contributed by atoms with van der Waals surface area (Å²) >= 11 is 0. The number of hydrogen-bond donors (Lipinski definition) is 1. The molecular formula is C14H25N3O3. The second-order valence-electron chi connectivity index (χ2n) is 5.65. The Labute approximate surface area is 120 Å². The summed E-state index contributed by atoms with van der Waals surface area (Å²) in [6.45, 7) is 5.24. The molecule has 1 aliphatic rings. The minimum Gasteiger partial charge on any atom is -0.383 e. The van der Waals surface area contributed by atoms with Gasteiger partial charge in [-0.3, -0.25) is 0 Å². The molecule has 2 N–H and O–H groups in total. The van der Waals surface area contributed by atoms with Crippen molar-refractivity contribution < 1.29 is 14.0 Å². The van der Waals surface area contributed by atoms with Crippen LogP contribution in [-0.4, -0.2) is 30.5 Å². The van der Waals surface area contributed by atoms with Crippen LogP contribution in [0.5, 0.6) is 0 Å². The molecule has 2 rings (SSSR count). The highest BCUT2D eigenvalue weighted by Crippen LogP contribution is 2.41. The zero-order valence-corrected chi connectivity index (χ0v) is 12.6. The van der Waals surface area contributed by atoms with Gasteiger partial charge in [0.2, 0.25) is 11.7 Å². The lowest BCUT2D eigenvalue weighted by atomic mass is 9.78. The van der Waals surface area contributed by atoms with Crippen molar-refractivity contribution in [3.05, 3.63) is 11.7 Å². The van der Waals surface area contributed by atoms with Gasteiger partial charge in [0.1, 0.15) is 11.6 Å². The van der Waals surface area contributed by atoms with E-state index in [-0.39, 0.29) is 6.04 Å². The Kier molecular flexibility index (Phi) is 5.12. The summed E-state index contributed by atoms with van der Waals surface area (Å²) in [7, 11) is 1.60. The maximum Gasteiger partial charge on any atom is 0.246 e. The van der Waals surface area contributed by atoms with Crippen molar-refractivity contribution in [2.45, 2.75) is 51.2 Å². The highest BCUT2D eigenvalue weighted by molar-refractivity contribution is 5.05. The molecule has 0 spiro atoms. The SMILES string of the molecule is CCOC1(c2noc(C(N)COC)n2)CCCC(C)C1. The van der Waals surface area contributed by atoms with Crippen LogP contribution in [0.15, 0.2) is 4.52 Å². The van der Waals surface area contributed by atoms with Crippen molar-refractivity contribution >= 4 is 0 Å². The van der Waals surface area contributed by atoms with Gasteiger partial charge in [0.25, 0.3) is 0 Å². The topological polar surface area (TPSA) is 83.4 Å². The van der Waals surface area contributed by atoms with E-state index >= 15 is 0 Å². The fourth-order valence-corrected chi connectivity index (χ4v) is 3.00. The highest BCUT2D eigenvalue weighted by Gasteiger charge is 2.41. The van der Waals surface area contributed by atoms with Gasteiger partial charge < -0.3 is 19.7 Å². The van der Waals surface area contributed by atoms with Crippen molar-refractivity contribution in [3.63, 3.8) is 0 Å². The first-order chi connectivity index (χ1) is 9.61. The largest absolute Gasteiger partial charge is 0.383 e. The Morgan fingerprint density at radius 2 is 2.35 bits per heavy atom. The molecule has 1 aliphatic carbocycles. The van der Waals surface area contributed by atoms with Crippen LogP contribution in [0.25, 0.3) is 0 Å². The van der Waals surface area contributed by atoms with Crippen LogP contribution in [0.3, 0.4) is 0 Å². The normalized spacial score (nSPS) is 28.5. The second kappa shape index (κ2) is 6.65. The molecule has 6 nitrogen and oxygen atoms in total. The molecule has 1 aromatic heterocycles. The Balaban J connectivity index is 2.21. The second-order valence-corrected chi connectivity index (χ2v) is 5.65. The van der Waals surface area contributed by atoms with Gasteiger partial charge in [-0.2, -0.15) is 4.98 Å². The average molecular weight is 283 g/mol. The lowest BCUT2D eigenvalue weighted by Gasteiger charge is -2.37. The minimum atomic E-state index is -0.416. The van der Waals surface area contributed by atoms with Crippen LogP contribution >= 0.6 is 0 Å². The van der Waals surface area contributed by atoms with E-state index in [1.807, 2.05) is 6.92 Å². The maximum atomic E-state index is 6.02. The van der Waals surface area contributed by atoms with Gasteiger partial charge in [-0.05, 0) is 32.1 Å². The molecule has 1 saturated carbocycles. The smallest absolute Gasteiger partial charge is 0.246 e. The van der Waals surface area contributed by atoms with E-state index in [0.29, 0.717) is 30.8 Å². The summed E-state index contributed by atoms with van der Waals surface area (Å²) in [6.07, 6.45) is 4.21. The van der Waals surface area contributed by atoms with E-state index in [9.17, 15) is 0 Å². The summed E-state index contributed by atoms with van der Waals surface area (Å²) in [5, 5.41) is 4.12. The number of rotatable bonds is 6. The van der Waals surface area contributed by atoms with Gasteiger partial charge in [-0.15, -0.1) is 0 Å².